The van der Waals surface area contributed by atoms with Crippen LogP contribution in [0.25, 0.3) is 0 Å². The summed E-state index contributed by atoms with van der Waals surface area (Å²) in [7, 11) is 0. The van der Waals surface area contributed by atoms with Crippen LogP contribution in [0.2, 0.25) is 0 Å². The lowest BCUT2D eigenvalue weighted by molar-refractivity contribution is 0.580. The monoisotopic (exact) mass is 315 g/mol. The first-order valence-corrected chi connectivity index (χ1v) is 6.28. The van der Waals surface area contributed by atoms with Crippen LogP contribution in [0.4, 0.5) is 14.5 Å². The summed E-state index contributed by atoms with van der Waals surface area (Å²) in [4.78, 5) is 4.02. The third-order valence-electron chi connectivity index (χ3n) is 2.61. The smallest absolute Gasteiger partial charge is 0.149 e. The molecule has 1 heterocycles. The van der Waals surface area contributed by atoms with E-state index in [-0.39, 0.29) is 10.2 Å². The minimum atomic E-state index is -0.614. The van der Waals surface area contributed by atoms with E-state index in [4.69, 9.17) is 0 Å². The maximum Gasteiger partial charge on any atom is 0.149 e. The second-order valence-electron chi connectivity index (χ2n) is 3.77. The van der Waals surface area contributed by atoms with Gasteiger partial charge in [-0.25, -0.2) is 13.8 Å². The number of aromatic nitrogens is 2. The van der Waals surface area contributed by atoms with Crippen LogP contribution in [-0.2, 0) is 13.1 Å². The lowest BCUT2D eigenvalue weighted by atomic mass is 10.3. The molecule has 0 unspecified atom stereocenters. The highest BCUT2D eigenvalue weighted by Gasteiger charge is 2.08. The molecule has 18 heavy (non-hydrogen) atoms. The third kappa shape index (κ3) is 2.69. The Balaban J connectivity index is 2.13. The zero-order valence-electron chi connectivity index (χ0n) is 9.75. The standard InChI is InChI=1S/C12H12BrF2N3/c1-2-18-7-16-5-8(18)6-17-12-3-9(13)10(14)4-11(12)15/h3-5,7,17H,2,6H2,1H3. The zero-order chi connectivity index (χ0) is 13.1. The molecule has 0 radical (unpaired) electrons. The predicted molar refractivity (Wildman–Crippen MR) is 69.3 cm³/mol. The Morgan fingerprint density at radius 2 is 2.11 bits per heavy atom. The summed E-state index contributed by atoms with van der Waals surface area (Å²) in [6.07, 6.45) is 3.43. The quantitative estimate of drug-likeness (QED) is 0.874. The van der Waals surface area contributed by atoms with Gasteiger partial charge < -0.3 is 9.88 Å². The van der Waals surface area contributed by atoms with Crippen molar-refractivity contribution in [3.8, 4) is 0 Å². The van der Waals surface area contributed by atoms with Crippen LogP contribution in [0.15, 0.2) is 29.1 Å². The summed E-state index contributed by atoms with van der Waals surface area (Å²) in [5.74, 6) is -1.23. The minimum absolute atomic E-state index is 0.232. The van der Waals surface area contributed by atoms with Crippen LogP contribution in [0.3, 0.4) is 0 Å². The van der Waals surface area contributed by atoms with Gasteiger partial charge in [-0.1, -0.05) is 0 Å². The highest BCUT2D eigenvalue weighted by molar-refractivity contribution is 9.10. The van der Waals surface area contributed by atoms with E-state index in [0.717, 1.165) is 18.3 Å². The number of aryl methyl sites for hydroxylation is 1. The fourth-order valence-corrected chi connectivity index (χ4v) is 1.97. The fraction of sp³-hybridized carbons (Fsp3) is 0.250. The Labute approximate surface area is 112 Å². The molecule has 0 spiro atoms. The Kier molecular flexibility index (Phi) is 3.96. The maximum atomic E-state index is 13.5. The van der Waals surface area contributed by atoms with Gasteiger partial charge in [-0.05, 0) is 28.9 Å². The van der Waals surface area contributed by atoms with Gasteiger partial charge >= 0.3 is 0 Å². The number of benzene rings is 1. The first-order chi connectivity index (χ1) is 8.61. The van der Waals surface area contributed by atoms with Crippen molar-refractivity contribution in [1.82, 2.24) is 9.55 Å². The molecule has 0 fully saturated rings. The molecule has 0 aliphatic rings. The molecule has 0 bridgehead atoms. The molecule has 3 nitrogen and oxygen atoms in total. The van der Waals surface area contributed by atoms with Gasteiger partial charge in [-0.3, -0.25) is 0 Å². The van der Waals surface area contributed by atoms with Gasteiger partial charge in [0.15, 0.2) is 0 Å². The van der Waals surface area contributed by atoms with Crippen molar-refractivity contribution in [3.63, 3.8) is 0 Å². The summed E-state index contributed by atoms with van der Waals surface area (Å²) in [6, 6.07) is 2.24. The predicted octanol–water partition coefficient (Wildman–Crippen LogP) is 3.56. The van der Waals surface area contributed by atoms with Crippen molar-refractivity contribution in [1.29, 1.82) is 0 Å². The number of rotatable bonds is 4. The van der Waals surface area contributed by atoms with E-state index in [9.17, 15) is 8.78 Å². The molecule has 96 valence electrons. The molecular weight excluding hydrogens is 304 g/mol. The fourth-order valence-electron chi connectivity index (χ4n) is 1.62. The molecule has 1 aromatic heterocycles. The van der Waals surface area contributed by atoms with Gasteiger partial charge in [0.05, 0.1) is 28.7 Å². The van der Waals surface area contributed by atoms with E-state index in [1.54, 1.807) is 12.5 Å². The van der Waals surface area contributed by atoms with Gasteiger partial charge in [-0.2, -0.15) is 0 Å². The Bertz CT molecular complexity index is 554. The van der Waals surface area contributed by atoms with Crippen molar-refractivity contribution in [2.75, 3.05) is 5.32 Å². The van der Waals surface area contributed by atoms with Crippen LogP contribution in [0, 0.1) is 11.6 Å². The molecule has 0 atom stereocenters. The lowest BCUT2D eigenvalue weighted by Crippen LogP contribution is -2.07. The summed E-state index contributed by atoms with van der Waals surface area (Å²) >= 11 is 3.03. The maximum absolute atomic E-state index is 13.5. The Hall–Kier alpha value is -1.43. The van der Waals surface area contributed by atoms with E-state index < -0.39 is 11.6 Å². The molecule has 0 aliphatic carbocycles. The number of nitrogens with one attached hydrogen (secondary N) is 1. The average Bonchev–Trinajstić information content (AvgIpc) is 2.79. The van der Waals surface area contributed by atoms with Crippen LogP contribution >= 0.6 is 15.9 Å². The highest BCUT2D eigenvalue weighted by atomic mass is 79.9. The first kappa shape index (κ1) is 13.0. The van der Waals surface area contributed by atoms with E-state index in [1.165, 1.54) is 6.07 Å². The third-order valence-corrected chi connectivity index (χ3v) is 3.22. The van der Waals surface area contributed by atoms with Gasteiger partial charge in [0.1, 0.15) is 11.6 Å². The first-order valence-electron chi connectivity index (χ1n) is 5.49. The SMILES string of the molecule is CCn1cncc1CNc1cc(Br)c(F)cc1F. The average molecular weight is 316 g/mol. The van der Waals surface area contributed by atoms with Crippen molar-refractivity contribution in [2.45, 2.75) is 20.0 Å². The number of hydrogen-bond donors (Lipinski definition) is 1. The van der Waals surface area contributed by atoms with Crippen molar-refractivity contribution in [3.05, 3.63) is 46.5 Å². The molecular formula is C12H12BrF2N3. The van der Waals surface area contributed by atoms with Crippen molar-refractivity contribution >= 4 is 21.6 Å². The van der Waals surface area contributed by atoms with E-state index in [0.29, 0.717) is 6.54 Å². The summed E-state index contributed by atoms with van der Waals surface area (Å²) < 4.78 is 28.7. The number of halogens is 3. The lowest BCUT2D eigenvalue weighted by Gasteiger charge is -2.10. The second kappa shape index (κ2) is 5.48. The normalized spacial score (nSPS) is 10.7. The van der Waals surface area contributed by atoms with E-state index in [2.05, 4.69) is 26.2 Å². The molecule has 0 aliphatic heterocycles. The Morgan fingerprint density at radius 1 is 1.33 bits per heavy atom. The van der Waals surface area contributed by atoms with E-state index >= 15 is 0 Å². The van der Waals surface area contributed by atoms with Crippen molar-refractivity contribution < 1.29 is 8.78 Å². The molecule has 0 amide bonds. The number of nitrogens with zero attached hydrogens (tertiary/aromatic N) is 2. The molecule has 0 saturated carbocycles. The summed E-state index contributed by atoms with van der Waals surface area (Å²) in [6.45, 7) is 3.23. The largest absolute Gasteiger partial charge is 0.377 e. The molecule has 2 rings (SSSR count). The van der Waals surface area contributed by atoms with Crippen LogP contribution < -0.4 is 5.32 Å². The van der Waals surface area contributed by atoms with Gasteiger partial charge in [-0.15, -0.1) is 0 Å². The Morgan fingerprint density at radius 3 is 2.83 bits per heavy atom. The van der Waals surface area contributed by atoms with Crippen LogP contribution in [0.5, 0.6) is 0 Å². The number of anilines is 1. The van der Waals surface area contributed by atoms with Crippen LogP contribution in [0.1, 0.15) is 12.6 Å². The number of imidazole rings is 1. The topological polar surface area (TPSA) is 29.9 Å². The van der Waals surface area contributed by atoms with Crippen molar-refractivity contribution in [2.24, 2.45) is 0 Å². The van der Waals surface area contributed by atoms with Crippen LogP contribution in [-0.4, -0.2) is 9.55 Å². The molecule has 2 aromatic rings. The summed E-state index contributed by atoms with van der Waals surface area (Å²) in [5, 5.41) is 2.93. The highest BCUT2D eigenvalue weighted by Crippen LogP contribution is 2.24. The molecule has 1 N–H and O–H groups in total. The van der Waals surface area contributed by atoms with Gasteiger partial charge in [0, 0.05) is 18.8 Å². The second-order valence-corrected chi connectivity index (χ2v) is 4.63. The van der Waals surface area contributed by atoms with Gasteiger partial charge in [0.25, 0.3) is 0 Å². The zero-order valence-corrected chi connectivity index (χ0v) is 11.3. The number of hydrogen-bond acceptors (Lipinski definition) is 2. The van der Waals surface area contributed by atoms with E-state index in [1.807, 2.05) is 11.5 Å². The molecule has 0 saturated heterocycles. The summed E-state index contributed by atoms with van der Waals surface area (Å²) in [5.41, 5.74) is 1.20. The molecule has 6 heteroatoms. The molecule has 1 aromatic carbocycles. The minimum Gasteiger partial charge on any atom is -0.377 e. The van der Waals surface area contributed by atoms with Gasteiger partial charge in [0.2, 0.25) is 0 Å².